The van der Waals surface area contributed by atoms with Crippen LogP contribution in [0.4, 0.5) is 5.69 Å². The van der Waals surface area contributed by atoms with Gasteiger partial charge in [-0.1, -0.05) is 52.3 Å². The summed E-state index contributed by atoms with van der Waals surface area (Å²) in [7, 11) is -4.86. The number of rotatable bonds is 9. The van der Waals surface area contributed by atoms with Crippen molar-refractivity contribution >= 4 is 47.6 Å². The zero-order chi connectivity index (χ0) is 25.8. The number of hydrogen-bond acceptors (Lipinski definition) is 5. The van der Waals surface area contributed by atoms with Gasteiger partial charge in [-0.25, -0.2) is 21.1 Å². The van der Waals surface area contributed by atoms with Gasteiger partial charge in [-0.2, -0.15) is 4.31 Å². The van der Waals surface area contributed by atoms with Gasteiger partial charge in [0.15, 0.2) is 0 Å². The van der Waals surface area contributed by atoms with E-state index >= 15 is 0 Å². The average Bonchev–Trinajstić information content (AvgIpc) is 2.81. The van der Waals surface area contributed by atoms with Gasteiger partial charge in [0.1, 0.15) is 0 Å². The lowest BCUT2D eigenvalue weighted by atomic mass is 10.2. The summed E-state index contributed by atoms with van der Waals surface area (Å²) < 4.78 is 54.8. The Kier molecular flexibility index (Phi) is 8.50. The molecule has 0 atom stereocenters. The third kappa shape index (κ3) is 6.56. The second-order valence-corrected chi connectivity index (χ2v) is 13.0. The monoisotopic (exact) mass is 579 g/mol. The number of carbonyl (C=O) groups is 1. The maximum absolute atomic E-state index is 13.4. The van der Waals surface area contributed by atoms with Gasteiger partial charge in [-0.15, -0.1) is 0 Å². The summed E-state index contributed by atoms with van der Waals surface area (Å²) in [6.45, 7) is 1.24. The van der Waals surface area contributed by atoms with Gasteiger partial charge in [-0.05, 0) is 54.4 Å². The van der Waals surface area contributed by atoms with E-state index in [0.29, 0.717) is 16.8 Å². The maximum Gasteiger partial charge on any atom is 0.243 e. The first-order valence-electron chi connectivity index (χ1n) is 10.5. The Hall–Kier alpha value is -2.57. The van der Waals surface area contributed by atoms with E-state index in [2.05, 4.69) is 21.2 Å². The normalized spacial score (nSPS) is 12.2. The molecule has 11 heteroatoms. The SMILES string of the molecule is Cc1ccc(S(=O)(=O)N(C)C)cc1NC(=O)CN(Cc1ccc(Br)cc1)S(=O)(=O)c1ccccc1. The predicted octanol–water partition coefficient (Wildman–Crippen LogP) is 3.84. The molecule has 8 nitrogen and oxygen atoms in total. The first-order valence-corrected chi connectivity index (χ1v) is 14.2. The topological polar surface area (TPSA) is 104 Å². The average molecular weight is 581 g/mol. The Morgan fingerprint density at radius 2 is 1.49 bits per heavy atom. The first-order chi connectivity index (χ1) is 16.4. The molecular formula is C24H26BrN3O5S2. The van der Waals surface area contributed by atoms with Crippen molar-refractivity contribution in [1.82, 2.24) is 8.61 Å². The lowest BCUT2D eigenvalue weighted by molar-refractivity contribution is -0.116. The van der Waals surface area contributed by atoms with E-state index in [-0.39, 0.29) is 16.3 Å². The number of sulfonamides is 2. The summed E-state index contributed by atoms with van der Waals surface area (Å²) in [5, 5.41) is 2.68. The zero-order valence-corrected chi connectivity index (χ0v) is 22.7. The van der Waals surface area contributed by atoms with Crippen molar-refractivity contribution in [1.29, 1.82) is 0 Å². The molecule has 0 heterocycles. The molecular weight excluding hydrogens is 554 g/mol. The van der Waals surface area contributed by atoms with Crippen LogP contribution in [0.1, 0.15) is 11.1 Å². The van der Waals surface area contributed by atoms with Crippen LogP contribution in [0.25, 0.3) is 0 Å². The number of anilines is 1. The molecule has 0 fully saturated rings. The number of carbonyl (C=O) groups excluding carboxylic acids is 1. The van der Waals surface area contributed by atoms with Crippen molar-refractivity contribution in [3.05, 3.63) is 88.4 Å². The third-order valence-corrected chi connectivity index (χ3v) is 9.38. The molecule has 1 amide bonds. The zero-order valence-electron chi connectivity index (χ0n) is 19.5. The number of nitrogens with zero attached hydrogens (tertiary/aromatic N) is 2. The molecule has 0 bridgehead atoms. The molecule has 0 aromatic heterocycles. The van der Waals surface area contributed by atoms with Crippen molar-refractivity contribution in [2.75, 3.05) is 26.0 Å². The molecule has 0 saturated carbocycles. The minimum absolute atomic E-state index is 0.0204. The summed E-state index contributed by atoms with van der Waals surface area (Å²) in [6.07, 6.45) is 0. The Balaban J connectivity index is 1.90. The molecule has 186 valence electrons. The van der Waals surface area contributed by atoms with Crippen molar-refractivity contribution in [3.8, 4) is 0 Å². The lowest BCUT2D eigenvalue weighted by Gasteiger charge is -2.22. The standard InChI is InChI=1S/C24H26BrN3O5S2/c1-18-9-14-22(34(30,31)27(2)3)15-23(18)26-24(29)17-28(16-19-10-12-20(25)13-11-19)35(32,33)21-7-5-4-6-8-21/h4-15H,16-17H2,1-3H3,(H,26,29). The summed E-state index contributed by atoms with van der Waals surface area (Å²) >= 11 is 3.36. The van der Waals surface area contributed by atoms with Crippen LogP contribution in [-0.2, 0) is 31.4 Å². The van der Waals surface area contributed by atoms with E-state index in [0.717, 1.165) is 13.1 Å². The number of hydrogen-bond donors (Lipinski definition) is 1. The second-order valence-electron chi connectivity index (χ2n) is 8.02. The van der Waals surface area contributed by atoms with E-state index in [4.69, 9.17) is 0 Å². The molecule has 3 rings (SSSR count). The van der Waals surface area contributed by atoms with E-state index in [1.807, 2.05) is 0 Å². The Morgan fingerprint density at radius 3 is 2.09 bits per heavy atom. The van der Waals surface area contributed by atoms with Gasteiger partial charge in [0.25, 0.3) is 0 Å². The molecule has 0 aliphatic carbocycles. The molecule has 0 unspecified atom stereocenters. The highest BCUT2D eigenvalue weighted by Gasteiger charge is 2.27. The molecule has 0 aliphatic rings. The fraction of sp³-hybridized carbons (Fsp3) is 0.208. The fourth-order valence-corrected chi connectivity index (χ4v) is 5.82. The molecule has 0 saturated heterocycles. The van der Waals surface area contributed by atoms with Crippen LogP contribution >= 0.6 is 15.9 Å². The minimum atomic E-state index is -3.99. The first kappa shape index (κ1) is 27.0. The highest BCUT2D eigenvalue weighted by Crippen LogP contribution is 2.23. The fourth-order valence-electron chi connectivity index (χ4n) is 3.22. The molecule has 3 aromatic rings. The quantitative estimate of drug-likeness (QED) is 0.415. The highest BCUT2D eigenvalue weighted by atomic mass is 79.9. The van der Waals surface area contributed by atoms with Crippen molar-refractivity contribution < 1.29 is 21.6 Å². The van der Waals surface area contributed by atoms with Crippen LogP contribution in [0.15, 0.2) is 87.1 Å². The molecule has 1 N–H and O–H groups in total. The van der Waals surface area contributed by atoms with Crippen LogP contribution in [0.2, 0.25) is 0 Å². The largest absolute Gasteiger partial charge is 0.325 e. The smallest absolute Gasteiger partial charge is 0.243 e. The molecule has 0 spiro atoms. The second kappa shape index (κ2) is 11.0. The van der Waals surface area contributed by atoms with Crippen LogP contribution < -0.4 is 5.32 Å². The summed E-state index contributed by atoms with van der Waals surface area (Å²) in [6, 6.07) is 19.4. The van der Waals surface area contributed by atoms with Crippen LogP contribution in [0, 0.1) is 6.92 Å². The van der Waals surface area contributed by atoms with Gasteiger partial charge in [0.05, 0.1) is 16.3 Å². The van der Waals surface area contributed by atoms with Gasteiger partial charge >= 0.3 is 0 Å². The number of nitrogens with one attached hydrogen (secondary N) is 1. The summed E-state index contributed by atoms with van der Waals surface area (Å²) in [4.78, 5) is 13.1. The van der Waals surface area contributed by atoms with Crippen molar-refractivity contribution in [2.45, 2.75) is 23.3 Å². The maximum atomic E-state index is 13.4. The van der Waals surface area contributed by atoms with Crippen LogP contribution in [0.3, 0.4) is 0 Å². The van der Waals surface area contributed by atoms with E-state index in [1.54, 1.807) is 55.5 Å². The number of benzene rings is 3. The van der Waals surface area contributed by atoms with E-state index in [1.165, 1.54) is 38.4 Å². The van der Waals surface area contributed by atoms with Crippen molar-refractivity contribution in [3.63, 3.8) is 0 Å². The van der Waals surface area contributed by atoms with E-state index in [9.17, 15) is 21.6 Å². The van der Waals surface area contributed by atoms with Crippen molar-refractivity contribution in [2.24, 2.45) is 0 Å². The highest BCUT2D eigenvalue weighted by molar-refractivity contribution is 9.10. The third-order valence-electron chi connectivity index (χ3n) is 5.23. The molecule has 35 heavy (non-hydrogen) atoms. The predicted molar refractivity (Wildman–Crippen MR) is 139 cm³/mol. The lowest BCUT2D eigenvalue weighted by Crippen LogP contribution is -2.37. The molecule has 3 aromatic carbocycles. The molecule has 0 radical (unpaired) electrons. The van der Waals surface area contributed by atoms with Gasteiger partial charge in [0.2, 0.25) is 26.0 Å². The van der Waals surface area contributed by atoms with Crippen LogP contribution in [-0.4, -0.2) is 52.0 Å². The number of aryl methyl sites for hydroxylation is 1. The van der Waals surface area contributed by atoms with Crippen LogP contribution in [0.5, 0.6) is 0 Å². The van der Waals surface area contributed by atoms with Gasteiger partial charge in [-0.3, -0.25) is 4.79 Å². The summed E-state index contributed by atoms with van der Waals surface area (Å²) in [5.41, 5.74) is 1.64. The minimum Gasteiger partial charge on any atom is -0.325 e. The van der Waals surface area contributed by atoms with Gasteiger partial charge < -0.3 is 5.32 Å². The van der Waals surface area contributed by atoms with Gasteiger partial charge in [0, 0.05) is 30.8 Å². The molecule has 0 aliphatic heterocycles. The van der Waals surface area contributed by atoms with E-state index < -0.39 is 32.5 Å². The Labute approximate surface area is 214 Å². The summed E-state index contributed by atoms with van der Waals surface area (Å²) in [5.74, 6) is -0.593. The Morgan fingerprint density at radius 1 is 0.857 bits per heavy atom. The number of halogens is 1. The number of amides is 1. The Bertz CT molecular complexity index is 1410.